The van der Waals surface area contributed by atoms with E-state index in [4.69, 9.17) is 0 Å². The smallest absolute Gasteiger partial charge is 0.0991 e. The van der Waals surface area contributed by atoms with Crippen molar-refractivity contribution >= 4 is 9.52 Å². The molecule has 0 aliphatic rings. The van der Waals surface area contributed by atoms with Crippen LogP contribution in [0.5, 0.6) is 0 Å². The zero-order valence-corrected chi connectivity index (χ0v) is 8.75. The molecule has 0 aliphatic carbocycles. The number of allylic oxidation sites excluding steroid dienone is 2. The summed E-state index contributed by atoms with van der Waals surface area (Å²) in [4.78, 5) is 0. The Bertz CT molecular complexity index is 37.8. The molecule has 0 bridgehead atoms. The van der Waals surface area contributed by atoms with Gasteiger partial charge in [0.15, 0.2) is 0 Å². The molecule has 0 amide bonds. The van der Waals surface area contributed by atoms with Gasteiger partial charge in [0.1, 0.15) is 0 Å². The topological polar surface area (TPSA) is 0 Å². The second kappa shape index (κ2) is 26.2. The molecule has 42 valence electrons. The van der Waals surface area contributed by atoms with Crippen LogP contribution in [0.2, 0.25) is 13.1 Å². The minimum Gasteiger partial charge on any atom is -0.0991 e. The van der Waals surface area contributed by atoms with Crippen molar-refractivity contribution in [1.29, 1.82) is 0 Å². The molecule has 0 heterocycles. The molecule has 0 unspecified atom stereocenters. The summed E-state index contributed by atoms with van der Waals surface area (Å²) in [6.07, 6.45) is 3.28. The van der Waals surface area contributed by atoms with Gasteiger partial charge in [0, 0.05) is 9.52 Å². The Morgan fingerprint density at radius 3 is 1.25 bits per heavy atom. The second-order valence-corrected chi connectivity index (χ2v) is 2.59. The molecule has 0 fully saturated rings. The predicted octanol–water partition coefficient (Wildman–Crippen LogP) is 1.61. The van der Waals surface area contributed by atoms with E-state index in [0.29, 0.717) is 9.52 Å². The SMILES string of the molecule is C=CC=C.C[SiH2]C.[Ti+4]. The second-order valence-electron chi connectivity index (χ2n) is 1.18. The van der Waals surface area contributed by atoms with Crippen LogP contribution in [-0.2, 0) is 21.7 Å². The summed E-state index contributed by atoms with van der Waals surface area (Å²) in [5, 5.41) is 0. The molecule has 0 aromatic rings. The summed E-state index contributed by atoms with van der Waals surface area (Å²) in [6.45, 7) is 11.2. The fourth-order valence-electron chi connectivity index (χ4n) is 0. The van der Waals surface area contributed by atoms with E-state index < -0.39 is 0 Å². The summed E-state index contributed by atoms with van der Waals surface area (Å²) >= 11 is 0. The van der Waals surface area contributed by atoms with Crippen molar-refractivity contribution in [3.8, 4) is 0 Å². The Morgan fingerprint density at radius 2 is 1.25 bits per heavy atom. The van der Waals surface area contributed by atoms with Crippen LogP contribution in [0.15, 0.2) is 25.3 Å². The van der Waals surface area contributed by atoms with E-state index in [1.54, 1.807) is 12.2 Å². The first-order valence-corrected chi connectivity index (χ1v) is 5.39. The van der Waals surface area contributed by atoms with E-state index in [1.807, 2.05) is 0 Å². The van der Waals surface area contributed by atoms with E-state index in [9.17, 15) is 0 Å². The van der Waals surface area contributed by atoms with Gasteiger partial charge in [-0.2, -0.15) is 0 Å². The zero-order valence-electron chi connectivity index (χ0n) is 5.78. The van der Waals surface area contributed by atoms with Crippen molar-refractivity contribution < 1.29 is 21.7 Å². The molecule has 0 N–H and O–H groups in total. The fraction of sp³-hybridized carbons (Fsp3) is 0.333. The number of hydrogen-bond donors (Lipinski definition) is 0. The summed E-state index contributed by atoms with van der Waals surface area (Å²) in [5.74, 6) is 0. The quantitative estimate of drug-likeness (QED) is 0.406. The molecule has 8 heavy (non-hydrogen) atoms. The van der Waals surface area contributed by atoms with E-state index in [-0.39, 0.29) is 21.7 Å². The Balaban J connectivity index is -0.0000000575. The largest absolute Gasteiger partial charge is 4.00 e. The summed E-state index contributed by atoms with van der Waals surface area (Å²) in [5.41, 5.74) is 0. The third kappa shape index (κ3) is 94.3. The number of hydrogen-bond acceptors (Lipinski definition) is 0. The summed E-state index contributed by atoms with van der Waals surface area (Å²) in [6, 6.07) is 0. The van der Waals surface area contributed by atoms with Crippen LogP contribution >= 0.6 is 0 Å². The van der Waals surface area contributed by atoms with Crippen LogP contribution in [0.25, 0.3) is 0 Å². The first-order chi connectivity index (χ1) is 3.33. The minimum absolute atomic E-state index is 0. The maximum atomic E-state index is 3.36. The number of rotatable bonds is 1. The minimum atomic E-state index is 0. The summed E-state index contributed by atoms with van der Waals surface area (Å²) < 4.78 is 0. The van der Waals surface area contributed by atoms with Gasteiger partial charge in [0.25, 0.3) is 0 Å². The van der Waals surface area contributed by atoms with E-state index in [2.05, 4.69) is 26.3 Å². The van der Waals surface area contributed by atoms with Gasteiger partial charge in [-0.15, -0.1) is 0 Å². The Labute approximate surface area is 69.8 Å². The zero-order chi connectivity index (χ0) is 6.12. The molecule has 0 radical (unpaired) electrons. The third-order valence-corrected chi connectivity index (χ3v) is 0.167. The molecule has 0 aromatic heterocycles. The molecule has 0 rings (SSSR count). The van der Waals surface area contributed by atoms with E-state index >= 15 is 0 Å². The van der Waals surface area contributed by atoms with Crippen molar-refractivity contribution in [3.05, 3.63) is 25.3 Å². The van der Waals surface area contributed by atoms with E-state index in [1.165, 1.54) is 0 Å². The standard InChI is InChI=1S/C4H6.C2H8Si.Ti/c1-3-4-2;1-3-2;/h3-4H,1-2H2;3H2,1-2H3;/q;;+4. The van der Waals surface area contributed by atoms with Crippen molar-refractivity contribution in [2.24, 2.45) is 0 Å². The van der Waals surface area contributed by atoms with Crippen molar-refractivity contribution in [1.82, 2.24) is 0 Å². The van der Waals surface area contributed by atoms with Gasteiger partial charge in [0.05, 0.1) is 0 Å². The maximum Gasteiger partial charge on any atom is 4.00 e. The van der Waals surface area contributed by atoms with Crippen molar-refractivity contribution in [3.63, 3.8) is 0 Å². The third-order valence-electron chi connectivity index (χ3n) is 0.167. The van der Waals surface area contributed by atoms with Gasteiger partial charge in [-0.3, -0.25) is 0 Å². The fourth-order valence-corrected chi connectivity index (χ4v) is 0. The normalized spacial score (nSPS) is 4.75. The van der Waals surface area contributed by atoms with Gasteiger partial charge in [-0.25, -0.2) is 0 Å². The predicted molar refractivity (Wildman–Crippen MR) is 40.7 cm³/mol. The van der Waals surface area contributed by atoms with Crippen molar-refractivity contribution in [2.45, 2.75) is 13.1 Å². The first kappa shape index (κ1) is 15.8. The Hall–Kier alpha value is 0.411. The van der Waals surface area contributed by atoms with Crippen molar-refractivity contribution in [2.75, 3.05) is 0 Å². The van der Waals surface area contributed by atoms with Crippen LogP contribution in [0.3, 0.4) is 0 Å². The van der Waals surface area contributed by atoms with E-state index in [0.717, 1.165) is 0 Å². The average molecular weight is 162 g/mol. The monoisotopic (exact) mass is 162 g/mol. The van der Waals surface area contributed by atoms with Crippen LogP contribution < -0.4 is 0 Å². The van der Waals surface area contributed by atoms with Crippen LogP contribution in [0.1, 0.15) is 0 Å². The van der Waals surface area contributed by atoms with Crippen LogP contribution in [-0.4, -0.2) is 9.52 Å². The van der Waals surface area contributed by atoms with Gasteiger partial charge < -0.3 is 0 Å². The van der Waals surface area contributed by atoms with Gasteiger partial charge in [0.2, 0.25) is 0 Å². The molecule has 0 spiro atoms. The van der Waals surface area contributed by atoms with Crippen LogP contribution in [0, 0.1) is 0 Å². The van der Waals surface area contributed by atoms with Gasteiger partial charge >= 0.3 is 21.7 Å². The molecule has 0 saturated carbocycles. The Morgan fingerprint density at radius 1 is 1.12 bits per heavy atom. The average Bonchev–Trinajstić information content (AvgIpc) is 1.69. The molecule has 0 nitrogen and oxygen atoms in total. The van der Waals surface area contributed by atoms with Crippen LogP contribution in [0.4, 0.5) is 0 Å². The molecule has 0 aromatic carbocycles. The molecule has 0 aliphatic heterocycles. The Kier molecular flexibility index (Phi) is 51.6. The summed E-state index contributed by atoms with van der Waals surface area (Å²) in [7, 11) is 0.417. The first-order valence-electron chi connectivity index (χ1n) is 2.56. The maximum absolute atomic E-state index is 3.36. The molecule has 0 atom stereocenters. The van der Waals surface area contributed by atoms with Gasteiger partial charge in [-0.05, 0) is 0 Å². The molecular formula is C6H14SiTi+4. The molecular weight excluding hydrogens is 148 g/mol. The molecule has 0 saturated heterocycles. The molecule has 2 heteroatoms. The van der Waals surface area contributed by atoms with Gasteiger partial charge in [-0.1, -0.05) is 38.4 Å².